The number of benzene rings is 1. The fraction of sp³-hybridized carbons (Fsp3) is 0.167. The highest BCUT2D eigenvalue weighted by molar-refractivity contribution is 9.10. The minimum absolute atomic E-state index is 0.788. The number of hydrogen-bond donors (Lipinski definition) is 1. The number of rotatable bonds is 4. The Balaban J connectivity index is 2.03. The molecule has 94 valence electrons. The molecular formula is C12H12BrN3OS. The van der Waals surface area contributed by atoms with Gasteiger partial charge in [-0.1, -0.05) is 0 Å². The fourth-order valence-electron chi connectivity index (χ4n) is 1.33. The third-order valence-electron chi connectivity index (χ3n) is 2.17. The van der Waals surface area contributed by atoms with Crippen LogP contribution in [0.3, 0.4) is 0 Å². The van der Waals surface area contributed by atoms with Gasteiger partial charge < -0.3 is 4.74 Å². The molecule has 1 N–H and O–H groups in total. The minimum atomic E-state index is 0.788. The zero-order valence-corrected chi connectivity index (χ0v) is 12.4. The van der Waals surface area contributed by atoms with E-state index in [4.69, 9.17) is 4.74 Å². The topological polar surface area (TPSA) is 46.5 Å². The summed E-state index contributed by atoms with van der Waals surface area (Å²) >= 11 is 4.96. The predicted octanol–water partition coefficient (Wildman–Crippen LogP) is 3.67. The van der Waals surface area contributed by atoms with E-state index in [2.05, 4.69) is 31.4 Å². The number of methoxy groups -OCH3 is 1. The third-order valence-corrected chi connectivity index (χ3v) is 3.65. The molecule has 0 atom stereocenters. The molecule has 0 fully saturated rings. The number of thiazole rings is 1. The summed E-state index contributed by atoms with van der Waals surface area (Å²) in [5.74, 6) is 0.802. The van der Waals surface area contributed by atoms with Gasteiger partial charge in [-0.15, -0.1) is 11.3 Å². The Morgan fingerprint density at radius 1 is 1.50 bits per heavy atom. The summed E-state index contributed by atoms with van der Waals surface area (Å²) in [6.45, 7) is 1.95. The normalized spacial score (nSPS) is 10.8. The van der Waals surface area contributed by atoms with Crippen LogP contribution in [0.4, 0.5) is 5.13 Å². The quantitative estimate of drug-likeness (QED) is 0.689. The average molecular weight is 326 g/mol. The van der Waals surface area contributed by atoms with Crippen LogP contribution in [-0.4, -0.2) is 18.3 Å². The molecule has 0 unspecified atom stereocenters. The summed E-state index contributed by atoms with van der Waals surface area (Å²) in [4.78, 5) is 4.25. The minimum Gasteiger partial charge on any atom is -0.496 e. The molecule has 0 saturated heterocycles. The monoisotopic (exact) mass is 325 g/mol. The lowest BCUT2D eigenvalue weighted by Crippen LogP contribution is -1.91. The van der Waals surface area contributed by atoms with Crippen molar-refractivity contribution in [3.63, 3.8) is 0 Å². The molecule has 0 saturated carbocycles. The van der Waals surface area contributed by atoms with Gasteiger partial charge in [0.2, 0.25) is 5.13 Å². The van der Waals surface area contributed by atoms with E-state index in [1.807, 2.05) is 30.5 Å². The molecular weight excluding hydrogens is 314 g/mol. The maximum Gasteiger partial charge on any atom is 0.203 e. The van der Waals surface area contributed by atoms with Crippen molar-refractivity contribution < 1.29 is 4.74 Å². The lowest BCUT2D eigenvalue weighted by atomic mass is 10.2. The number of nitrogens with one attached hydrogen (secondary N) is 1. The van der Waals surface area contributed by atoms with Crippen molar-refractivity contribution in [1.29, 1.82) is 0 Å². The molecule has 6 heteroatoms. The predicted molar refractivity (Wildman–Crippen MR) is 78.8 cm³/mol. The molecule has 0 aliphatic rings. The highest BCUT2D eigenvalue weighted by Gasteiger charge is 1.99. The number of ether oxygens (including phenoxy) is 1. The van der Waals surface area contributed by atoms with Crippen molar-refractivity contribution in [3.05, 3.63) is 39.3 Å². The fourth-order valence-corrected chi connectivity index (χ4v) is 2.53. The van der Waals surface area contributed by atoms with Crippen molar-refractivity contribution in [3.8, 4) is 5.75 Å². The first-order valence-electron chi connectivity index (χ1n) is 5.24. The summed E-state index contributed by atoms with van der Waals surface area (Å²) in [7, 11) is 1.64. The van der Waals surface area contributed by atoms with E-state index < -0.39 is 0 Å². The van der Waals surface area contributed by atoms with Gasteiger partial charge in [-0.25, -0.2) is 4.98 Å². The van der Waals surface area contributed by atoms with E-state index in [1.54, 1.807) is 13.3 Å². The molecule has 2 aromatic rings. The van der Waals surface area contributed by atoms with Gasteiger partial charge in [-0.2, -0.15) is 5.10 Å². The summed E-state index contributed by atoms with van der Waals surface area (Å²) in [5, 5.41) is 6.90. The molecule has 4 nitrogen and oxygen atoms in total. The van der Waals surface area contributed by atoms with Gasteiger partial charge in [0.25, 0.3) is 0 Å². The van der Waals surface area contributed by atoms with E-state index in [-0.39, 0.29) is 0 Å². The van der Waals surface area contributed by atoms with Crippen LogP contribution in [0.1, 0.15) is 11.3 Å². The van der Waals surface area contributed by atoms with Crippen molar-refractivity contribution in [1.82, 2.24) is 4.98 Å². The van der Waals surface area contributed by atoms with Gasteiger partial charge in [0, 0.05) is 5.38 Å². The smallest absolute Gasteiger partial charge is 0.203 e. The Hall–Kier alpha value is -1.40. The van der Waals surface area contributed by atoms with Crippen molar-refractivity contribution in [2.24, 2.45) is 5.10 Å². The number of halogens is 1. The summed E-state index contributed by atoms with van der Waals surface area (Å²) in [5.41, 5.74) is 4.86. The number of nitrogens with zero attached hydrogens (tertiary/aromatic N) is 2. The van der Waals surface area contributed by atoms with E-state index in [9.17, 15) is 0 Å². The van der Waals surface area contributed by atoms with Gasteiger partial charge in [0.15, 0.2) is 0 Å². The average Bonchev–Trinajstić information content (AvgIpc) is 2.75. The van der Waals surface area contributed by atoms with Gasteiger partial charge in [0.05, 0.1) is 23.5 Å². The van der Waals surface area contributed by atoms with Crippen LogP contribution in [0.2, 0.25) is 0 Å². The van der Waals surface area contributed by atoms with Crippen LogP contribution >= 0.6 is 27.3 Å². The molecule has 1 aromatic carbocycles. The second kappa shape index (κ2) is 5.97. The van der Waals surface area contributed by atoms with Crippen LogP contribution in [0.15, 0.2) is 33.2 Å². The summed E-state index contributed by atoms with van der Waals surface area (Å²) in [6.07, 6.45) is 1.74. The number of anilines is 1. The number of hydrazone groups is 1. The third kappa shape index (κ3) is 3.30. The molecule has 0 spiro atoms. The maximum absolute atomic E-state index is 5.16. The van der Waals surface area contributed by atoms with Crippen molar-refractivity contribution in [2.75, 3.05) is 12.5 Å². The largest absolute Gasteiger partial charge is 0.496 e. The first-order valence-corrected chi connectivity index (χ1v) is 6.91. The zero-order valence-electron chi connectivity index (χ0n) is 9.98. The van der Waals surface area contributed by atoms with Gasteiger partial charge >= 0.3 is 0 Å². The van der Waals surface area contributed by atoms with E-state index in [0.717, 1.165) is 26.6 Å². The number of aryl methyl sites for hydroxylation is 1. The Kier molecular flexibility index (Phi) is 4.33. The van der Waals surface area contributed by atoms with Crippen LogP contribution in [0.25, 0.3) is 0 Å². The van der Waals surface area contributed by atoms with Gasteiger partial charge in [-0.3, -0.25) is 5.43 Å². The van der Waals surface area contributed by atoms with Crippen LogP contribution in [-0.2, 0) is 0 Å². The molecule has 18 heavy (non-hydrogen) atoms. The Morgan fingerprint density at radius 2 is 2.33 bits per heavy atom. The molecule has 2 rings (SSSR count). The Bertz CT molecular complexity index is 568. The lowest BCUT2D eigenvalue weighted by Gasteiger charge is -2.02. The van der Waals surface area contributed by atoms with Crippen molar-refractivity contribution in [2.45, 2.75) is 6.92 Å². The van der Waals surface area contributed by atoms with Crippen LogP contribution in [0, 0.1) is 6.92 Å². The summed E-state index contributed by atoms with van der Waals surface area (Å²) < 4.78 is 6.06. The molecule has 0 aliphatic carbocycles. The number of aromatic nitrogens is 1. The van der Waals surface area contributed by atoms with E-state index in [1.165, 1.54) is 11.3 Å². The molecule has 0 amide bonds. The van der Waals surface area contributed by atoms with Crippen LogP contribution in [0.5, 0.6) is 5.75 Å². The SMILES string of the molecule is COc1ccc(/C=N/Nc2nc(C)cs2)cc1Br. The Labute approximate surface area is 118 Å². The first-order chi connectivity index (χ1) is 8.69. The molecule has 0 bridgehead atoms. The first kappa shape index (κ1) is 13.0. The zero-order chi connectivity index (χ0) is 13.0. The highest BCUT2D eigenvalue weighted by Crippen LogP contribution is 2.24. The molecule has 1 aromatic heterocycles. The summed E-state index contributed by atoms with van der Waals surface area (Å²) in [6, 6.07) is 5.76. The van der Waals surface area contributed by atoms with Crippen molar-refractivity contribution >= 4 is 38.6 Å². The second-order valence-corrected chi connectivity index (χ2v) is 5.27. The maximum atomic E-state index is 5.16. The molecule has 0 aliphatic heterocycles. The van der Waals surface area contributed by atoms with Gasteiger partial charge in [0.1, 0.15) is 5.75 Å². The van der Waals surface area contributed by atoms with Crippen LogP contribution < -0.4 is 10.2 Å². The van der Waals surface area contributed by atoms with E-state index in [0.29, 0.717) is 0 Å². The second-order valence-electron chi connectivity index (χ2n) is 3.56. The Morgan fingerprint density at radius 3 is 2.94 bits per heavy atom. The number of hydrogen-bond acceptors (Lipinski definition) is 5. The molecule has 0 radical (unpaired) electrons. The highest BCUT2D eigenvalue weighted by atomic mass is 79.9. The lowest BCUT2D eigenvalue weighted by molar-refractivity contribution is 0.412. The van der Waals surface area contributed by atoms with Gasteiger partial charge in [-0.05, 0) is 46.6 Å². The van der Waals surface area contributed by atoms with E-state index >= 15 is 0 Å². The molecule has 1 heterocycles. The standard InChI is InChI=1S/C12H12BrN3OS/c1-8-7-18-12(15-8)16-14-6-9-3-4-11(17-2)10(13)5-9/h3-7H,1-2H3,(H,15,16)/b14-6+.